The summed E-state index contributed by atoms with van der Waals surface area (Å²) in [5.74, 6) is 0.184. The number of carbonyl (C=O) groups excluding carboxylic acids is 2. The van der Waals surface area contributed by atoms with Gasteiger partial charge in [0.15, 0.2) is 17.0 Å². The zero-order chi connectivity index (χ0) is 31.2. The number of carbonyl (C=O) groups is 2. The molecule has 3 aliphatic rings. The fourth-order valence-electron chi connectivity index (χ4n) is 6.50. The van der Waals surface area contributed by atoms with Gasteiger partial charge >= 0.3 is 0 Å². The minimum Gasteiger partial charge on any atom is -0.451 e. The van der Waals surface area contributed by atoms with Gasteiger partial charge in [0.2, 0.25) is 5.91 Å². The molecule has 0 bridgehead atoms. The second-order valence-electron chi connectivity index (χ2n) is 12.7. The molecule has 44 heavy (non-hydrogen) atoms. The van der Waals surface area contributed by atoms with E-state index in [4.69, 9.17) is 4.74 Å². The molecule has 1 aromatic heterocycles. The lowest BCUT2D eigenvalue weighted by Crippen LogP contribution is -2.33. The summed E-state index contributed by atoms with van der Waals surface area (Å²) in [4.78, 5) is 40.5. The predicted octanol–water partition coefficient (Wildman–Crippen LogP) is 4.72. The number of fused-ring (bicyclic) bond motifs is 1. The smallest absolute Gasteiger partial charge is 0.257 e. The highest BCUT2D eigenvalue weighted by atomic mass is 19.1. The van der Waals surface area contributed by atoms with Crippen LogP contribution in [-0.4, -0.2) is 70.9 Å². The van der Waals surface area contributed by atoms with Crippen LogP contribution in [0.2, 0.25) is 0 Å². The number of aromatic nitrogens is 2. The third-order valence-corrected chi connectivity index (χ3v) is 9.36. The molecule has 3 aromatic rings. The molecule has 1 spiro atoms. The average Bonchev–Trinajstić information content (AvgIpc) is 3.68. The quantitative estimate of drug-likeness (QED) is 0.416. The van der Waals surface area contributed by atoms with Crippen molar-refractivity contribution in [2.75, 3.05) is 43.4 Å². The molecule has 2 unspecified atom stereocenters. The van der Waals surface area contributed by atoms with Crippen molar-refractivity contribution in [2.45, 2.75) is 51.6 Å². The monoisotopic (exact) mass is 597 g/mol. The van der Waals surface area contributed by atoms with E-state index in [2.05, 4.69) is 31.2 Å². The molecule has 10 nitrogen and oxygen atoms in total. The molecule has 0 aliphatic carbocycles. The van der Waals surface area contributed by atoms with Gasteiger partial charge in [0.05, 0.1) is 17.8 Å². The predicted molar refractivity (Wildman–Crippen MR) is 163 cm³/mol. The van der Waals surface area contributed by atoms with Crippen molar-refractivity contribution in [3.8, 4) is 17.6 Å². The zero-order valence-electron chi connectivity index (χ0n) is 25.4. The molecule has 228 valence electrons. The van der Waals surface area contributed by atoms with Crippen LogP contribution in [0.1, 0.15) is 55.1 Å². The van der Waals surface area contributed by atoms with Crippen molar-refractivity contribution in [1.29, 1.82) is 5.26 Å². The number of benzene rings is 2. The van der Waals surface area contributed by atoms with Crippen LogP contribution in [0.5, 0.6) is 11.5 Å². The maximum atomic E-state index is 14.2. The summed E-state index contributed by atoms with van der Waals surface area (Å²) < 4.78 is 20.4. The topological polar surface area (TPSA) is 115 Å². The Morgan fingerprint density at radius 1 is 1.18 bits per heavy atom. The molecule has 2 aromatic carbocycles. The van der Waals surface area contributed by atoms with Gasteiger partial charge in [-0.15, -0.1) is 0 Å². The third kappa shape index (κ3) is 5.24. The molecule has 0 saturated carbocycles. The highest BCUT2D eigenvalue weighted by molar-refractivity contribution is 6.08. The summed E-state index contributed by atoms with van der Waals surface area (Å²) in [6.45, 7) is 9.65. The highest BCUT2D eigenvalue weighted by Crippen LogP contribution is 2.44. The van der Waals surface area contributed by atoms with E-state index in [0.717, 1.165) is 62.4 Å². The van der Waals surface area contributed by atoms with Gasteiger partial charge in [0, 0.05) is 55.9 Å². The molecule has 2 amide bonds. The standard InChI is InChI=1S/C33H36FN7O3/c1-21(2)39(4)30(42)24-14-23(34)6-8-27(24)44-28-15-36-20-37-29(28)41-12-10-33(19-41)9-11-40(18-33)16-22-5-7-25-26(13-22)38-31(43)32(25,3)17-35/h5-8,13-15,20-21H,9-12,16,18-19H2,1-4H3,(H,38,43). The molecule has 6 rings (SSSR count). The van der Waals surface area contributed by atoms with Crippen LogP contribution >= 0.6 is 0 Å². The zero-order valence-corrected chi connectivity index (χ0v) is 25.4. The lowest BCUT2D eigenvalue weighted by molar-refractivity contribution is -0.118. The molecular weight excluding hydrogens is 561 g/mol. The van der Waals surface area contributed by atoms with Crippen LogP contribution in [0.3, 0.4) is 0 Å². The molecule has 4 heterocycles. The number of anilines is 2. The normalized spacial score (nSPS) is 22.8. The van der Waals surface area contributed by atoms with Crippen LogP contribution in [0, 0.1) is 22.6 Å². The SMILES string of the molecule is CC(C)N(C)C(=O)c1cc(F)ccc1Oc1cncnc1N1CCC2(CCN(Cc3ccc4c(c3)NC(=O)C4(C)C#N)C2)C1. The van der Waals surface area contributed by atoms with Crippen LogP contribution in [-0.2, 0) is 16.8 Å². The maximum Gasteiger partial charge on any atom is 0.257 e. The fourth-order valence-corrected chi connectivity index (χ4v) is 6.50. The van der Waals surface area contributed by atoms with E-state index in [1.165, 1.54) is 24.5 Å². The molecule has 2 atom stereocenters. The first-order valence-electron chi connectivity index (χ1n) is 14.9. The maximum absolute atomic E-state index is 14.2. The number of nitrogens with one attached hydrogen (secondary N) is 1. The van der Waals surface area contributed by atoms with E-state index in [0.29, 0.717) is 11.6 Å². The summed E-state index contributed by atoms with van der Waals surface area (Å²) in [7, 11) is 1.68. The van der Waals surface area contributed by atoms with Gasteiger partial charge in [-0.25, -0.2) is 14.4 Å². The number of amides is 2. The van der Waals surface area contributed by atoms with Gasteiger partial charge < -0.3 is 19.9 Å². The van der Waals surface area contributed by atoms with Gasteiger partial charge in [-0.1, -0.05) is 12.1 Å². The first-order valence-corrected chi connectivity index (χ1v) is 14.9. The molecule has 2 saturated heterocycles. The van der Waals surface area contributed by atoms with E-state index in [1.54, 1.807) is 25.1 Å². The van der Waals surface area contributed by atoms with Crippen molar-refractivity contribution >= 4 is 23.3 Å². The van der Waals surface area contributed by atoms with Crippen molar-refractivity contribution in [1.82, 2.24) is 19.8 Å². The Morgan fingerprint density at radius 3 is 2.75 bits per heavy atom. The van der Waals surface area contributed by atoms with Crippen LogP contribution < -0.4 is 15.0 Å². The molecular formula is C33H36FN7O3. The van der Waals surface area contributed by atoms with Gasteiger partial charge in [-0.05, 0) is 70.0 Å². The number of nitriles is 1. The number of halogens is 1. The Labute approximate surface area is 256 Å². The van der Waals surface area contributed by atoms with Gasteiger partial charge in [-0.2, -0.15) is 5.26 Å². The number of nitrogens with zero attached hydrogens (tertiary/aromatic N) is 6. The Bertz CT molecular complexity index is 1670. The van der Waals surface area contributed by atoms with Gasteiger partial charge in [0.25, 0.3) is 5.91 Å². The van der Waals surface area contributed by atoms with Crippen LogP contribution in [0.4, 0.5) is 15.9 Å². The number of rotatable bonds is 7. The summed E-state index contributed by atoms with van der Waals surface area (Å²) in [6.07, 6.45) is 5.10. The number of hydrogen-bond donors (Lipinski definition) is 1. The molecule has 1 N–H and O–H groups in total. The summed E-state index contributed by atoms with van der Waals surface area (Å²) >= 11 is 0. The second-order valence-corrected chi connectivity index (χ2v) is 12.7. The number of hydrogen-bond acceptors (Lipinski definition) is 8. The van der Waals surface area contributed by atoms with E-state index in [9.17, 15) is 19.2 Å². The van der Waals surface area contributed by atoms with Gasteiger partial charge in [0.1, 0.15) is 17.9 Å². The Balaban J connectivity index is 1.15. The van der Waals surface area contributed by atoms with Crippen molar-refractivity contribution < 1.29 is 18.7 Å². The summed E-state index contributed by atoms with van der Waals surface area (Å²) in [5.41, 5.74) is 1.62. The average molecular weight is 598 g/mol. The van der Waals surface area contributed by atoms with Gasteiger partial charge in [-0.3, -0.25) is 14.5 Å². The van der Waals surface area contributed by atoms with Crippen LogP contribution in [0.25, 0.3) is 0 Å². The highest BCUT2D eigenvalue weighted by Gasteiger charge is 2.45. The van der Waals surface area contributed by atoms with E-state index < -0.39 is 11.2 Å². The minimum absolute atomic E-state index is 0.0658. The van der Waals surface area contributed by atoms with Crippen molar-refractivity contribution in [3.05, 3.63) is 71.4 Å². The third-order valence-electron chi connectivity index (χ3n) is 9.36. The van der Waals surface area contributed by atoms with Crippen molar-refractivity contribution in [2.24, 2.45) is 5.41 Å². The Morgan fingerprint density at radius 2 is 1.98 bits per heavy atom. The lowest BCUT2D eigenvalue weighted by Gasteiger charge is -2.26. The fraction of sp³-hybridized carbons (Fsp3) is 0.424. The minimum atomic E-state index is -1.15. The number of likely N-dealkylation sites (tertiary alicyclic amines) is 1. The Hall–Kier alpha value is -4.56. The van der Waals surface area contributed by atoms with Crippen molar-refractivity contribution in [3.63, 3.8) is 0 Å². The van der Waals surface area contributed by atoms with Crippen LogP contribution in [0.15, 0.2) is 48.9 Å². The first kappa shape index (κ1) is 29.5. The molecule has 0 radical (unpaired) electrons. The summed E-state index contributed by atoms with van der Waals surface area (Å²) in [6, 6.07) is 11.9. The first-order chi connectivity index (χ1) is 21.0. The molecule has 3 aliphatic heterocycles. The number of ether oxygens (including phenoxy) is 1. The summed E-state index contributed by atoms with van der Waals surface area (Å²) in [5, 5.41) is 12.4. The second kappa shape index (κ2) is 11.2. The lowest BCUT2D eigenvalue weighted by atomic mass is 9.85. The van der Waals surface area contributed by atoms with E-state index in [1.807, 2.05) is 32.0 Å². The molecule has 11 heteroatoms. The van der Waals surface area contributed by atoms with E-state index >= 15 is 0 Å². The Kier molecular flexibility index (Phi) is 7.49. The van der Waals surface area contributed by atoms with E-state index in [-0.39, 0.29) is 34.6 Å². The largest absolute Gasteiger partial charge is 0.451 e. The molecule has 2 fully saturated rings.